The molecular weight excluding hydrogens is 212 g/mol. The van der Waals surface area contributed by atoms with E-state index < -0.39 is 9.85 Å². The Kier molecular flexibility index (Phi) is 2.93. The number of nitro benzene ring substituents is 2. The maximum absolute atomic E-state index is 10.9. The highest BCUT2D eigenvalue weighted by atomic mass is 16.6. The summed E-state index contributed by atoms with van der Waals surface area (Å²) in [5.41, 5.74) is 1.39. The Labute approximate surface area is 92.2 Å². The minimum atomic E-state index is -0.565. The number of rotatable bonds is 2. The average Bonchev–Trinajstić information content (AvgIpc) is 2.13. The van der Waals surface area contributed by atoms with Crippen LogP contribution < -0.4 is 0 Å². The molecule has 0 fully saturated rings. The van der Waals surface area contributed by atoms with Gasteiger partial charge in [0.15, 0.2) is 0 Å². The van der Waals surface area contributed by atoms with Gasteiger partial charge in [-0.2, -0.15) is 0 Å². The molecule has 0 amide bonds. The normalized spacial score (nSPS) is 10.2. The SMILES string of the molecule is Cc1c(C)c([N+](=O)[O-])c(C)c([N+](=O)[O-])c1C. The smallest absolute Gasteiger partial charge is 0.258 e. The van der Waals surface area contributed by atoms with Crippen LogP contribution in [-0.4, -0.2) is 9.85 Å². The molecule has 0 atom stereocenters. The van der Waals surface area contributed by atoms with Crippen LogP contribution in [0, 0.1) is 47.9 Å². The van der Waals surface area contributed by atoms with E-state index >= 15 is 0 Å². The lowest BCUT2D eigenvalue weighted by Crippen LogP contribution is -2.04. The Bertz CT molecular complexity index is 453. The summed E-state index contributed by atoms with van der Waals surface area (Å²) in [7, 11) is 0. The first-order valence-electron chi connectivity index (χ1n) is 4.68. The summed E-state index contributed by atoms with van der Waals surface area (Å²) in [5, 5.41) is 21.7. The van der Waals surface area contributed by atoms with Crippen LogP contribution in [0.4, 0.5) is 11.4 Å². The molecule has 0 bridgehead atoms. The van der Waals surface area contributed by atoms with E-state index in [1.165, 1.54) is 6.92 Å². The number of hydrogen-bond donors (Lipinski definition) is 0. The van der Waals surface area contributed by atoms with Crippen LogP contribution in [0.25, 0.3) is 0 Å². The molecule has 0 radical (unpaired) electrons. The first-order valence-corrected chi connectivity index (χ1v) is 4.68. The van der Waals surface area contributed by atoms with E-state index in [0.29, 0.717) is 16.7 Å². The monoisotopic (exact) mass is 224 g/mol. The molecule has 0 aromatic heterocycles. The molecule has 0 aliphatic carbocycles. The van der Waals surface area contributed by atoms with Gasteiger partial charge >= 0.3 is 0 Å². The van der Waals surface area contributed by atoms with Gasteiger partial charge in [0.25, 0.3) is 11.4 Å². The molecule has 86 valence electrons. The minimum Gasteiger partial charge on any atom is -0.258 e. The van der Waals surface area contributed by atoms with Crippen molar-refractivity contribution >= 4 is 11.4 Å². The van der Waals surface area contributed by atoms with Crippen LogP contribution in [0.1, 0.15) is 22.3 Å². The van der Waals surface area contributed by atoms with E-state index in [1.807, 2.05) is 0 Å². The highest BCUT2D eigenvalue weighted by molar-refractivity contribution is 5.64. The van der Waals surface area contributed by atoms with Crippen molar-refractivity contribution < 1.29 is 9.85 Å². The van der Waals surface area contributed by atoms with Gasteiger partial charge in [0.1, 0.15) is 5.56 Å². The van der Waals surface area contributed by atoms with Crippen LogP contribution in [0.15, 0.2) is 0 Å². The molecule has 0 unspecified atom stereocenters. The Balaban J connectivity index is 3.80. The molecule has 6 nitrogen and oxygen atoms in total. The van der Waals surface area contributed by atoms with E-state index in [4.69, 9.17) is 0 Å². The standard InChI is InChI=1S/C10H12N2O4/c1-5-6(2)9(11(13)14)8(4)10(7(5)3)12(15)16/h1-4H3. The van der Waals surface area contributed by atoms with Gasteiger partial charge in [-0.15, -0.1) is 0 Å². The Morgan fingerprint density at radius 3 is 1.25 bits per heavy atom. The predicted molar refractivity (Wildman–Crippen MR) is 58.7 cm³/mol. The minimum absolute atomic E-state index is 0.121. The van der Waals surface area contributed by atoms with Crippen molar-refractivity contribution in [3.63, 3.8) is 0 Å². The topological polar surface area (TPSA) is 86.3 Å². The molecule has 16 heavy (non-hydrogen) atoms. The third-order valence-corrected chi connectivity index (χ3v) is 2.91. The van der Waals surface area contributed by atoms with Crippen molar-refractivity contribution in [3.05, 3.63) is 42.5 Å². The lowest BCUT2D eigenvalue weighted by Gasteiger charge is -2.09. The molecule has 0 saturated carbocycles. The fourth-order valence-corrected chi connectivity index (χ4v) is 1.86. The predicted octanol–water partition coefficient (Wildman–Crippen LogP) is 2.74. The maximum atomic E-state index is 10.9. The highest BCUT2D eigenvalue weighted by Crippen LogP contribution is 2.36. The van der Waals surface area contributed by atoms with Gasteiger partial charge in [-0.3, -0.25) is 20.2 Å². The van der Waals surface area contributed by atoms with Gasteiger partial charge in [-0.05, 0) is 33.3 Å². The number of benzene rings is 1. The molecule has 0 spiro atoms. The van der Waals surface area contributed by atoms with Crippen molar-refractivity contribution in [1.82, 2.24) is 0 Å². The summed E-state index contributed by atoms with van der Waals surface area (Å²) in [4.78, 5) is 20.6. The number of nitrogens with zero attached hydrogens (tertiary/aromatic N) is 2. The second kappa shape index (κ2) is 3.88. The van der Waals surface area contributed by atoms with Crippen LogP contribution in [0.3, 0.4) is 0 Å². The number of hydrogen-bond acceptors (Lipinski definition) is 4. The van der Waals surface area contributed by atoms with E-state index in [-0.39, 0.29) is 16.9 Å². The molecule has 0 saturated heterocycles. The second-order valence-electron chi connectivity index (χ2n) is 3.71. The molecule has 0 heterocycles. The zero-order chi connectivity index (χ0) is 12.6. The zero-order valence-electron chi connectivity index (χ0n) is 9.53. The van der Waals surface area contributed by atoms with E-state index in [1.54, 1.807) is 20.8 Å². The van der Waals surface area contributed by atoms with Gasteiger partial charge < -0.3 is 0 Å². The fraction of sp³-hybridized carbons (Fsp3) is 0.400. The van der Waals surface area contributed by atoms with Crippen LogP contribution in [-0.2, 0) is 0 Å². The average molecular weight is 224 g/mol. The van der Waals surface area contributed by atoms with Crippen molar-refractivity contribution in [2.24, 2.45) is 0 Å². The van der Waals surface area contributed by atoms with Gasteiger partial charge in [-0.1, -0.05) is 0 Å². The van der Waals surface area contributed by atoms with E-state index in [0.717, 1.165) is 0 Å². The third kappa shape index (κ3) is 1.62. The van der Waals surface area contributed by atoms with Gasteiger partial charge in [-0.25, -0.2) is 0 Å². The first-order chi connectivity index (χ1) is 7.29. The van der Waals surface area contributed by atoms with Gasteiger partial charge in [0.2, 0.25) is 0 Å². The highest BCUT2D eigenvalue weighted by Gasteiger charge is 2.28. The Morgan fingerprint density at radius 2 is 1.00 bits per heavy atom. The second-order valence-corrected chi connectivity index (χ2v) is 3.71. The van der Waals surface area contributed by atoms with E-state index in [9.17, 15) is 20.2 Å². The summed E-state index contributed by atoms with van der Waals surface area (Å²) in [6, 6.07) is 0. The molecular formula is C10H12N2O4. The summed E-state index contributed by atoms with van der Waals surface area (Å²) in [6.07, 6.45) is 0. The fourth-order valence-electron chi connectivity index (χ4n) is 1.86. The van der Waals surface area contributed by atoms with E-state index in [2.05, 4.69) is 0 Å². The van der Waals surface area contributed by atoms with Crippen molar-refractivity contribution in [3.8, 4) is 0 Å². The third-order valence-electron chi connectivity index (χ3n) is 2.91. The van der Waals surface area contributed by atoms with Gasteiger partial charge in [0, 0.05) is 11.1 Å². The molecule has 1 aromatic rings. The Hall–Kier alpha value is -1.98. The van der Waals surface area contributed by atoms with Crippen molar-refractivity contribution in [2.75, 3.05) is 0 Å². The van der Waals surface area contributed by atoms with Crippen LogP contribution in [0.2, 0.25) is 0 Å². The molecule has 0 N–H and O–H groups in total. The molecule has 6 heteroatoms. The summed E-state index contributed by atoms with van der Waals surface area (Å²) in [5.74, 6) is 0. The lowest BCUT2D eigenvalue weighted by atomic mass is 9.96. The summed E-state index contributed by atoms with van der Waals surface area (Å²) >= 11 is 0. The quantitative estimate of drug-likeness (QED) is 0.570. The molecule has 1 aromatic carbocycles. The summed E-state index contributed by atoms with van der Waals surface area (Å²) in [6.45, 7) is 6.29. The molecule has 0 aliphatic rings. The molecule has 0 aliphatic heterocycles. The van der Waals surface area contributed by atoms with Crippen molar-refractivity contribution in [1.29, 1.82) is 0 Å². The van der Waals surface area contributed by atoms with Gasteiger partial charge in [0.05, 0.1) is 9.85 Å². The largest absolute Gasteiger partial charge is 0.282 e. The summed E-state index contributed by atoms with van der Waals surface area (Å²) < 4.78 is 0. The Morgan fingerprint density at radius 1 is 0.688 bits per heavy atom. The molecule has 1 rings (SSSR count). The lowest BCUT2D eigenvalue weighted by molar-refractivity contribution is -0.396. The first kappa shape index (κ1) is 12.1. The van der Waals surface area contributed by atoms with Crippen LogP contribution >= 0.6 is 0 Å². The van der Waals surface area contributed by atoms with Crippen LogP contribution in [0.5, 0.6) is 0 Å². The number of nitro groups is 2. The zero-order valence-corrected chi connectivity index (χ0v) is 9.53. The van der Waals surface area contributed by atoms with Crippen molar-refractivity contribution in [2.45, 2.75) is 27.7 Å². The maximum Gasteiger partial charge on any atom is 0.282 e.